The third-order valence-electron chi connectivity index (χ3n) is 2.72. The fourth-order valence-corrected chi connectivity index (χ4v) is 1.90. The Hall–Kier alpha value is -2.28. The van der Waals surface area contributed by atoms with Crippen LogP contribution in [0.15, 0.2) is 18.2 Å². The molecule has 1 aromatic carbocycles. The van der Waals surface area contributed by atoms with Crippen molar-refractivity contribution in [3.8, 4) is 0 Å². The average Bonchev–Trinajstić information content (AvgIpc) is 2.34. The lowest BCUT2D eigenvalue weighted by Crippen LogP contribution is -2.49. The lowest BCUT2D eigenvalue weighted by molar-refractivity contribution is -0.120. The van der Waals surface area contributed by atoms with Gasteiger partial charge in [-0.3, -0.25) is 4.79 Å². The number of hydrogen-bond acceptors (Lipinski definition) is 3. The number of nitrogens with one attached hydrogen (secondary N) is 2. The van der Waals surface area contributed by atoms with Crippen LogP contribution in [0.4, 0.5) is 10.5 Å². The van der Waals surface area contributed by atoms with Gasteiger partial charge < -0.3 is 21.5 Å². The van der Waals surface area contributed by atoms with Gasteiger partial charge in [0.15, 0.2) is 0 Å². The smallest absolute Gasteiger partial charge is 0.337 e. The van der Waals surface area contributed by atoms with E-state index >= 15 is 0 Å². The molecule has 7 nitrogen and oxygen atoms in total. The molecule has 0 bridgehead atoms. The number of benzene rings is 1. The molecule has 21 heavy (non-hydrogen) atoms. The van der Waals surface area contributed by atoms with Crippen LogP contribution in [0.1, 0.15) is 24.2 Å². The number of anilines is 1. The van der Waals surface area contributed by atoms with Crippen LogP contribution < -0.4 is 16.4 Å². The monoisotopic (exact) mass is 313 g/mol. The van der Waals surface area contributed by atoms with Crippen LogP contribution in [0.25, 0.3) is 0 Å². The van der Waals surface area contributed by atoms with Crippen LogP contribution in [0.3, 0.4) is 0 Å². The summed E-state index contributed by atoms with van der Waals surface area (Å²) in [5.41, 5.74) is 5.42. The molecule has 1 unspecified atom stereocenters. The molecule has 5 N–H and O–H groups in total. The maximum Gasteiger partial charge on any atom is 0.337 e. The molecule has 1 rings (SSSR count). The van der Waals surface area contributed by atoms with E-state index in [1.165, 1.54) is 18.2 Å². The van der Waals surface area contributed by atoms with Crippen molar-refractivity contribution in [3.05, 3.63) is 28.8 Å². The number of rotatable bonds is 5. The number of urea groups is 1. The highest BCUT2D eigenvalue weighted by molar-refractivity contribution is 6.33. The molecule has 0 saturated heterocycles. The first-order chi connectivity index (χ1) is 9.72. The van der Waals surface area contributed by atoms with Gasteiger partial charge in [0.05, 0.1) is 10.6 Å². The van der Waals surface area contributed by atoms with Gasteiger partial charge >= 0.3 is 12.0 Å². The first-order valence-electron chi connectivity index (χ1n) is 6.12. The van der Waals surface area contributed by atoms with Gasteiger partial charge in [0.1, 0.15) is 6.04 Å². The average molecular weight is 314 g/mol. The Morgan fingerprint density at radius 1 is 1.29 bits per heavy atom. The number of nitrogens with two attached hydrogens (primary N) is 1. The maximum absolute atomic E-state index is 11.8. The van der Waals surface area contributed by atoms with Crippen molar-refractivity contribution in [2.75, 3.05) is 5.32 Å². The van der Waals surface area contributed by atoms with Crippen LogP contribution in [0, 0.1) is 5.92 Å². The molecule has 1 atom stereocenters. The van der Waals surface area contributed by atoms with E-state index in [1.807, 2.05) is 0 Å². The summed E-state index contributed by atoms with van der Waals surface area (Å²) in [4.78, 5) is 33.8. The van der Waals surface area contributed by atoms with Crippen molar-refractivity contribution >= 4 is 35.2 Å². The predicted octanol–water partition coefficient (Wildman–Crippen LogP) is 1.67. The van der Waals surface area contributed by atoms with Crippen LogP contribution in [-0.4, -0.2) is 29.1 Å². The number of aromatic carboxylic acids is 1. The van der Waals surface area contributed by atoms with Crippen LogP contribution in [-0.2, 0) is 4.79 Å². The molecule has 0 saturated carbocycles. The van der Waals surface area contributed by atoms with Gasteiger partial charge in [0.25, 0.3) is 0 Å². The number of carboxylic acid groups (broad SMARTS) is 1. The summed E-state index contributed by atoms with van der Waals surface area (Å²) in [7, 11) is 0. The molecule has 8 heteroatoms. The Morgan fingerprint density at radius 3 is 2.33 bits per heavy atom. The van der Waals surface area contributed by atoms with Gasteiger partial charge in [0.2, 0.25) is 5.91 Å². The lowest BCUT2D eigenvalue weighted by Gasteiger charge is -2.19. The van der Waals surface area contributed by atoms with Gasteiger partial charge in [-0.2, -0.15) is 0 Å². The molecule has 3 amide bonds. The zero-order chi connectivity index (χ0) is 16.2. The minimum absolute atomic E-state index is 0.00406. The lowest BCUT2D eigenvalue weighted by atomic mass is 10.0. The van der Waals surface area contributed by atoms with E-state index < -0.39 is 23.9 Å². The Bertz CT molecular complexity index is 575. The second kappa shape index (κ2) is 6.94. The highest BCUT2D eigenvalue weighted by Gasteiger charge is 2.21. The molecule has 0 spiro atoms. The number of halogens is 1. The summed E-state index contributed by atoms with van der Waals surface area (Å²) in [6.45, 7) is 3.49. The quantitative estimate of drug-likeness (QED) is 0.660. The highest BCUT2D eigenvalue weighted by atomic mass is 35.5. The molecule has 1 aromatic rings. The second-order valence-electron chi connectivity index (χ2n) is 4.72. The molecule has 0 aliphatic heterocycles. The van der Waals surface area contributed by atoms with Crippen molar-refractivity contribution in [1.82, 2.24) is 5.32 Å². The van der Waals surface area contributed by atoms with Crippen molar-refractivity contribution in [3.63, 3.8) is 0 Å². The molecule has 0 radical (unpaired) electrons. The standard InChI is InChI=1S/C13H16ClN3O4/c1-6(2)10(11(15)18)17-13(21)16-7-3-4-8(12(19)20)9(14)5-7/h3-6,10H,1-2H3,(H2,15,18)(H,19,20)(H2,16,17,21). The van der Waals surface area contributed by atoms with E-state index in [0.29, 0.717) is 5.69 Å². The largest absolute Gasteiger partial charge is 0.478 e. The Kier molecular flexibility index (Phi) is 5.54. The zero-order valence-electron chi connectivity index (χ0n) is 11.5. The van der Waals surface area contributed by atoms with Crippen molar-refractivity contribution in [2.24, 2.45) is 11.7 Å². The van der Waals surface area contributed by atoms with Crippen LogP contribution in [0.2, 0.25) is 5.02 Å². The van der Waals surface area contributed by atoms with E-state index in [9.17, 15) is 14.4 Å². The molecule has 0 fully saturated rings. The van der Waals surface area contributed by atoms with Crippen molar-refractivity contribution < 1.29 is 19.5 Å². The van der Waals surface area contributed by atoms with E-state index in [0.717, 1.165) is 0 Å². The molecule has 0 aliphatic carbocycles. The number of carbonyl (C=O) groups excluding carboxylic acids is 2. The van der Waals surface area contributed by atoms with E-state index in [-0.39, 0.29) is 16.5 Å². The van der Waals surface area contributed by atoms with Crippen molar-refractivity contribution in [2.45, 2.75) is 19.9 Å². The predicted molar refractivity (Wildman–Crippen MR) is 78.4 cm³/mol. The molecule has 114 valence electrons. The number of carbonyl (C=O) groups is 3. The maximum atomic E-state index is 11.8. The third-order valence-corrected chi connectivity index (χ3v) is 3.03. The fraction of sp³-hybridized carbons (Fsp3) is 0.308. The Labute approximate surface area is 126 Å². The van der Waals surface area contributed by atoms with Gasteiger partial charge in [-0.05, 0) is 24.1 Å². The molecule has 0 aliphatic rings. The van der Waals surface area contributed by atoms with Crippen LogP contribution >= 0.6 is 11.6 Å². The molecule has 0 aromatic heterocycles. The minimum atomic E-state index is -1.16. The van der Waals surface area contributed by atoms with E-state index in [4.69, 9.17) is 22.4 Å². The topological polar surface area (TPSA) is 122 Å². The molecular weight excluding hydrogens is 298 g/mol. The minimum Gasteiger partial charge on any atom is -0.478 e. The summed E-state index contributed by atoms with van der Waals surface area (Å²) >= 11 is 5.79. The van der Waals surface area contributed by atoms with Gasteiger partial charge in [-0.15, -0.1) is 0 Å². The molecular formula is C13H16ClN3O4. The first kappa shape index (κ1) is 16.8. The summed E-state index contributed by atoms with van der Waals surface area (Å²) in [5, 5.41) is 13.7. The summed E-state index contributed by atoms with van der Waals surface area (Å²) in [5.74, 6) is -1.96. The summed E-state index contributed by atoms with van der Waals surface area (Å²) in [6.07, 6.45) is 0. The van der Waals surface area contributed by atoms with Gasteiger partial charge in [0, 0.05) is 5.69 Å². The number of primary amides is 1. The normalized spacial score (nSPS) is 11.8. The Morgan fingerprint density at radius 2 is 1.90 bits per heavy atom. The summed E-state index contributed by atoms with van der Waals surface area (Å²) < 4.78 is 0. The van der Waals surface area contributed by atoms with Crippen molar-refractivity contribution in [1.29, 1.82) is 0 Å². The number of amides is 3. The first-order valence-corrected chi connectivity index (χ1v) is 6.50. The Balaban J connectivity index is 2.77. The third kappa shape index (κ3) is 4.64. The number of hydrogen-bond donors (Lipinski definition) is 4. The fourth-order valence-electron chi connectivity index (χ4n) is 1.64. The number of carboxylic acids is 1. The SMILES string of the molecule is CC(C)C(NC(=O)Nc1ccc(C(=O)O)c(Cl)c1)C(N)=O. The van der Waals surface area contributed by atoms with Gasteiger partial charge in [-0.25, -0.2) is 9.59 Å². The molecule has 0 heterocycles. The summed E-state index contributed by atoms with van der Waals surface area (Å²) in [6, 6.07) is 2.53. The van der Waals surface area contributed by atoms with E-state index in [1.54, 1.807) is 13.8 Å². The zero-order valence-corrected chi connectivity index (χ0v) is 12.3. The van der Waals surface area contributed by atoms with Crippen LogP contribution in [0.5, 0.6) is 0 Å². The van der Waals surface area contributed by atoms with E-state index in [2.05, 4.69) is 10.6 Å². The van der Waals surface area contributed by atoms with Gasteiger partial charge in [-0.1, -0.05) is 25.4 Å². The second-order valence-corrected chi connectivity index (χ2v) is 5.13. The highest BCUT2D eigenvalue weighted by Crippen LogP contribution is 2.21.